The molecule has 0 bridgehead atoms. The second-order valence-electron chi connectivity index (χ2n) is 4.03. The summed E-state index contributed by atoms with van der Waals surface area (Å²) < 4.78 is 0. The number of aryl methyl sites for hydroxylation is 1. The van der Waals surface area contributed by atoms with E-state index in [2.05, 4.69) is 30.9 Å². The van der Waals surface area contributed by atoms with Gasteiger partial charge in [0.1, 0.15) is 4.88 Å². The fourth-order valence-corrected chi connectivity index (χ4v) is 2.78. The second kappa shape index (κ2) is 5.23. The minimum atomic E-state index is -0.869. The summed E-state index contributed by atoms with van der Waals surface area (Å²) in [5.74, 6) is -0.869. The summed E-state index contributed by atoms with van der Waals surface area (Å²) in [6, 6.07) is 11.7. The van der Waals surface area contributed by atoms with Gasteiger partial charge < -0.3 is 10.0 Å². The molecule has 0 aliphatic heterocycles. The van der Waals surface area contributed by atoms with Gasteiger partial charge in [0.2, 0.25) is 0 Å². The van der Waals surface area contributed by atoms with Gasteiger partial charge >= 0.3 is 5.97 Å². The minimum Gasteiger partial charge on any atom is -0.477 e. The molecule has 1 aromatic carbocycles. The van der Waals surface area contributed by atoms with Crippen LogP contribution in [0.15, 0.2) is 36.4 Å². The molecule has 0 fully saturated rings. The lowest BCUT2D eigenvalue weighted by Gasteiger charge is -2.21. The maximum atomic E-state index is 10.9. The molecule has 1 N–H and O–H groups in total. The standard InChI is InChI=1S/C14H15NO2S/c1-3-15(11-6-4-5-10(2)9-11)13-8-7-12(18-13)14(16)17/h4-9H,3H2,1-2H3,(H,16,17). The highest BCUT2D eigenvalue weighted by molar-refractivity contribution is 7.17. The van der Waals surface area contributed by atoms with E-state index in [1.54, 1.807) is 6.07 Å². The van der Waals surface area contributed by atoms with Crippen molar-refractivity contribution in [2.24, 2.45) is 0 Å². The number of thiophene rings is 1. The predicted molar refractivity (Wildman–Crippen MR) is 75.1 cm³/mol. The van der Waals surface area contributed by atoms with Crippen molar-refractivity contribution in [3.63, 3.8) is 0 Å². The quantitative estimate of drug-likeness (QED) is 0.907. The van der Waals surface area contributed by atoms with Gasteiger partial charge in [-0.05, 0) is 43.7 Å². The molecule has 0 unspecified atom stereocenters. The average Bonchev–Trinajstić information content (AvgIpc) is 2.80. The van der Waals surface area contributed by atoms with Crippen LogP contribution in [0.1, 0.15) is 22.2 Å². The number of benzene rings is 1. The van der Waals surface area contributed by atoms with Crippen LogP contribution in [-0.2, 0) is 0 Å². The van der Waals surface area contributed by atoms with Crippen molar-refractivity contribution in [3.05, 3.63) is 46.8 Å². The highest BCUT2D eigenvalue weighted by Gasteiger charge is 2.13. The van der Waals surface area contributed by atoms with Gasteiger partial charge in [-0.3, -0.25) is 0 Å². The lowest BCUT2D eigenvalue weighted by Crippen LogP contribution is -2.14. The molecule has 3 nitrogen and oxygen atoms in total. The summed E-state index contributed by atoms with van der Waals surface area (Å²) in [5, 5.41) is 9.92. The van der Waals surface area contributed by atoms with Crippen molar-refractivity contribution < 1.29 is 9.90 Å². The first-order chi connectivity index (χ1) is 8.61. The van der Waals surface area contributed by atoms with Gasteiger partial charge in [-0.1, -0.05) is 12.1 Å². The SMILES string of the molecule is CCN(c1cccc(C)c1)c1ccc(C(=O)O)s1. The fourth-order valence-electron chi connectivity index (χ4n) is 1.85. The molecule has 1 heterocycles. The van der Waals surface area contributed by atoms with E-state index in [0.717, 1.165) is 17.2 Å². The summed E-state index contributed by atoms with van der Waals surface area (Å²) in [6.45, 7) is 4.92. The van der Waals surface area contributed by atoms with E-state index in [9.17, 15) is 4.79 Å². The molecule has 0 radical (unpaired) electrons. The molecule has 0 atom stereocenters. The normalized spacial score (nSPS) is 10.3. The Bertz CT molecular complexity index is 562. The summed E-state index contributed by atoms with van der Waals surface area (Å²) in [6.07, 6.45) is 0. The zero-order valence-corrected chi connectivity index (χ0v) is 11.2. The fraction of sp³-hybridized carbons (Fsp3) is 0.214. The maximum absolute atomic E-state index is 10.9. The third-order valence-electron chi connectivity index (χ3n) is 2.70. The van der Waals surface area contributed by atoms with Crippen LogP contribution in [0.3, 0.4) is 0 Å². The molecule has 2 rings (SSSR count). The van der Waals surface area contributed by atoms with Crippen LogP contribution >= 0.6 is 11.3 Å². The van der Waals surface area contributed by atoms with Gasteiger partial charge in [0, 0.05) is 12.2 Å². The molecule has 18 heavy (non-hydrogen) atoms. The monoisotopic (exact) mass is 261 g/mol. The molecule has 94 valence electrons. The number of hydrogen-bond acceptors (Lipinski definition) is 3. The van der Waals surface area contributed by atoms with Gasteiger partial charge in [-0.15, -0.1) is 11.3 Å². The van der Waals surface area contributed by atoms with Crippen LogP contribution in [0.25, 0.3) is 0 Å². The minimum absolute atomic E-state index is 0.371. The summed E-state index contributed by atoms with van der Waals surface area (Å²) in [5.41, 5.74) is 2.29. The number of aromatic carboxylic acids is 1. The van der Waals surface area contributed by atoms with E-state index in [-0.39, 0.29) is 0 Å². The van der Waals surface area contributed by atoms with Crippen LogP contribution in [0.2, 0.25) is 0 Å². The first kappa shape index (κ1) is 12.6. The molecule has 2 aromatic rings. The Morgan fingerprint density at radius 2 is 2.11 bits per heavy atom. The van der Waals surface area contributed by atoms with Gasteiger partial charge in [-0.25, -0.2) is 4.79 Å². The van der Waals surface area contributed by atoms with Crippen molar-refractivity contribution >= 4 is 28.0 Å². The van der Waals surface area contributed by atoms with Gasteiger partial charge in [0.05, 0.1) is 5.00 Å². The molecule has 0 spiro atoms. The maximum Gasteiger partial charge on any atom is 0.345 e. The summed E-state index contributed by atoms with van der Waals surface area (Å²) in [4.78, 5) is 13.4. The smallest absolute Gasteiger partial charge is 0.345 e. The molecule has 0 saturated heterocycles. The van der Waals surface area contributed by atoms with E-state index in [1.165, 1.54) is 16.9 Å². The van der Waals surface area contributed by atoms with Crippen molar-refractivity contribution in [2.45, 2.75) is 13.8 Å². The zero-order chi connectivity index (χ0) is 13.1. The number of hydrogen-bond donors (Lipinski definition) is 1. The van der Waals surface area contributed by atoms with Gasteiger partial charge in [0.15, 0.2) is 0 Å². The lowest BCUT2D eigenvalue weighted by molar-refractivity contribution is 0.0702. The Hall–Kier alpha value is -1.81. The van der Waals surface area contributed by atoms with Crippen LogP contribution in [0, 0.1) is 6.92 Å². The van der Waals surface area contributed by atoms with E-state index >= 15 is 0 Å². The Balaban J connectivity index is 2.35. The molecule has 1 aromatic heterocycles. The average molecular weight is 261 g/mol. The summed E-state index contributed by atoms with van der Waals surface area (Å²) in [7, 11) is 0. The van der Waals surface area contributed by atoms with Crippen LogP contribution in [-0.4, -0.2) is 17.6 Å². The number of carbonyl (C=O) groups is 1. The van der Waals surface area contributed by atoms with E-state index < -0.39 is 5.97 Å². The van der Waals surface area contributed by atoms with Gasteiger partial charge in [-0.2, -0.15) is 0 Å². The third-order valence-corrected chi connectivity index (χ3v) is 3.79. The van der Waals surface area contributed by atoms with Crippen LogP contribution in [0.5, 0.6) is 0 Å². The first-order valence-corrected chi connectivity index (χ1v) is 6.61. The molecular weight excluding hydrogens is 246 g/mol. The molecular formula is C14H15NO2S. The Morgan fingerprint density at radius 1 is 1.33 bits per heavy atom. The van der Waals surface area contributed by atoms with Crippen LogP contribution < -0.4 is 4.90 Å². The van der Waals surface area contributed by atoms with Crippen molar-refractivity contribution in [1.82, 2.24) is 0 Å². The molecule has 0 aliphatic carbocycles. The van der Waals surface area contributed by atoms with Crippen molar-refractivity contribution in [1.29, 1.82) is 0 Å². The topological polar surface area (TPSA) is 40.5 Å². The number of carboxylic acids is 1. The van der Waals surface area contributed by atoms with Gasteiger partial charge in [0.25, 0.3) is 0 Å². The van der Waals surface area contributed by atoms with Crippen molar-refractivity contribution in [3.8, 4) is 0 Å². The molecule has 0 aliphatic rings. The lowest BCUT2D eigenvalue weighted by atomic mass is 10.2. The zero-order valence-electron chi connectivity index (χ0n) is 10.4. The Labute approximate surface area is 110 Å². The molecule has 4 heteroatoms. The second-order valence-corrected chi connectivity index (χ2v) is 5.09. The number of anilines is 2. The van der Waals surface area contributed by atoms with Crippen molar-refractivity contribution in [2.75, 3.05) is 11.4 Å². The number of carboxylic acid groups (broad SMARTS) is 1. The highest BCUT2D eigenvalue weighted by atomic mass is 32.1. The van der Waals surface area contributed by atoms with E-state index in [4.69, 9.17) is 5.11 Å². The summed E-state index contributed by atoms with van der Waals surface area (Å²) >= 11 is 1.30. The highest BCUT2D eigenvalue weighted by Crippen LogP contribution is 2.32. The number of nitrogens with zero attached hydrogens (tertiary/aromatic N) is 1. The Morgan fingerprint density at radius 3 is 2.67 bits per heavy atom. The van der Waals surface area contributed by atoms with E-state index in [1.807, 2.05) is 18.2 Å². The Kier molecular flexibility index (Phi) is 3.67. The largest absolute Gasteiger partial charge is 0.477 e. The molecule has 0 amide bonds. The van der Waals surface area contributed by atoms with Crippen LogP contribution in [0.4, 0.5) is 10.7 Å². The third kappa shape index (κ3) is 2.54. The predicted octanol–water partition coefficient (Wildman–Crippen LogP) is 3.91. The first-order valence-electron chi connectivity index (χ1n) is 5.79. The number of rotatable bonds is 4. The van der Waals surface area contributed by atoms with E-state index in [0.29, 0.717) is 4.88 Å². The molecule has 0 saturated carbocycles.